The van der Waals surface area contributed by atoms with Crippen LogP contribution in [0.25, 0.3) is 0 Å². The number of piperidine rings is 1. The molecule has 3 heterocycles. The number of imidazole rings is 1. The highest BCUT2D eigenvalue weighted by atomic mass is 35.5. The lowest BCUT2D eigenvalue weighted by molar-refractivity contribution is -0.389. The number of nitrogens with zero attached hydrogens (tertiary/aromatic N) is 5. The van der Waals surface area contributed by atoms with Gasteiger partial charge in [0.1, 0.15) is 18.6 Å². The molecule has 0 bridgehead atoms. The third-order valence-electron chi connectivity index (χ3n) is 6.75. The van der Waals surface area contributed by atoms with E-state index in [9.17, 15) is 10.1 Å². The predicted molar refractivity (Wildman–Crippen MR) is 135 cm³/mol. The lowest BCUT2D eigenvalue weighted by atomic mass is 10.0. The molecule has 1 atom stereocenters. The van der Waals surface area contributed by atoms with Crippen LogP contribution in [0.2, 0.25) is 5.02 Å². The summed E-state index contributed by atoms with van der Waals surface area (Å²) in [5, 5.41) is 11.6. The lowest BCUT2D eigenvalue weighted by Gasteiger charge is -2.39. The Morgan fingerprint density at radius 3 is 2.51 bits per heavy atom. The Hall–Kier alpha value is -3.46. The lowest BCUT2D eigenvalue weighted by Crippen LogP contribution is -2.43. The minimum absolute atomic E-state index is 0.209. The van der Waals surface area contributed by atoms with E-state index in [-0.39, 0.29) is 11.8 Å². The van der Waals surface area contributed by atoms with E-state index < -0.39 is 10.5 Å². The summed E-state index contributed by atoms with van der Waals surface area (Å²) in [7, 11) is 2.15. The molecule has 2 aromatic carbocycles. The zero-order valence-corrected chi connectivity index (χ0v) is 20.5. The number of rotatable bonds is 7. The van der Waals surface area contributed by atoms with E-state index >= 15 is 0 Å². The van der Waals surface area contributed by atoms with Crippen molar-refractivity contribution in [1.82, 2.24) is 9.55 Å². The van der Waals surface area contributed by atoms with Gasteiger partial charge in [-0.1, -0.05) is 11.6 Å². The van der Waals surface area contributed by atoms with Crippen molar-refractivity contribution in [3.8, 4) is 11.8 Å². The van der Waals surface area contributed by atoms with E-state index in [0.717, 1.165) is 36.7 Å². The van der Waals surface area contributed by atoms with Crippen molar-refractivity contribution in [3.63, 3.8) is 0 Å². The summed E-state index contributed by atoms with van der Waals surface area (Å²) in [6.07, 6.45) is 3.56. The van der Waals surface area contributed by atoms with Crippen molar-refractivity contribution in [2.24, 2.45) is 0 Å². The average molecular weight is 498 g/mol. The van der Waals surface area contributed by atoms with Crippen LogP contribution in [0.1, 0.15) is 19.8 Å². The highest BCUT2D eigenvalue weighted by Crippen LogP contribution is 2.32. The molecule has 9 nitrogen and oxygen atoms in total. The Balaban J connectivity index is 1.12. The molecular weight excluding hydrogens is 470 g/mol. The quantitative estimate of drug-likeness (QED) is 0.343. The predicted octanol–water partition coefficient (Wildman–Crippen LogP) is 4.78. The summed E-state index contributed by atoms with van der Waals surface area (Å²) in [6, 6.07) is 16.9. The highest BCUT2D eigenvalue weighted by molar-refractivity contribution is 6.30. The molecule has 1 aromatic heterocycles. The van der Waals surface area contributed by atoms with Gasteiger partial charge >= 0.3 is 11.8 Å². The first-order valence-corrected chi connectivity index (χ1v) is 12.0. The normalized spacial score (nSPS) is 19.8. The van der Waals surface area contributed by atoms with Crippen LogP contribution in [0.4, 0.5) is 17.2 Å². The van der Waals surface area contributed by atoms with Gasteiger partial charge in [-0.25, -0.2) is 0 Å². The summed E-state index contributed by atoms with van der Waals surface area (Å²) in [5.41, 5.74) is 1.74. The van der Waals surface area contributed by atoms with Crippen LogP contribution in [0.15, 0.2) is 54.7 Å². The van der Waals surface area contributed by atoms with Gasteiger partial charge in [-0.2, -0.15) is 0 Å². The largest absolute Gasteiger partial charge is 0.489 e. The zero-order chi connectivity index (χ0) is 24.6. The molecule has 0 aliphatic carbocycles. The second-order valence-corrected chi connectivity index (χ2v) is 9.84. The molecule has 1 fully saturated rings. The first-order valence-electron chi connectivity index (χ1n) is 11.7. The molecule has 10 heteroatoms. The number of fused-ring (bicyclic) bond motifs is 1. The van der Waals surface area contributed by atoms with Gasteiger partial charge in [0.15, 0.2) is 5.60 Å². The molecule has 0 amide bonds. The molecule has 0 spiro atoms. The molecule has 184 valence electrons. The molecule has 0 N–H and O–H groups in total. The van der Waals surface area contributed by atoms with E-state index in [4.69, 9.17) is 21.1 Å². The van der Waals surface area contributed by atoms with Gasteiger partial charge in [0.25, 0.3) is 0 Å². The van der Waals surface area contributed by atoms with Crippen LogP contribution in [-0.2, 0) is 6.54 Å². The summed E-state index contributed by atoms with van der Waals surface area (Å²) < 4.78 is 13.5. The molecular formula is C25H28ClN5O4. The second-order valence-electron chi connectivity index (χ2n) is 9.41. The first kappa shape index (κ1) is 23.3. The minimum Gasteiger partial charge on any atom is -0.489 e. The van der Waals surface area contributed by atoms with Crippen LogP contribution >= 0.6 is 11.6 Å². The summed E-state index contributed by atoms with van der Waals surface area (Å²) in [6.45, 7) is 4.65. The van der Waals surface area contributed by atoms with Gasteiger partial charge in [0.05, 0.1) is 6.54 Å². The number of anilines is 2. The van der Waals surface area contributed by atoms with Gasteiger partial charge in [-0.15, -0.1) is 0 Å². The van der Waals surface area contributed by atoms with Gasteiger partial charge in [-0.3, -0.25) is 4.57 Å². The highest BCUT2D eigenvalue weighted by Gasteiger charge is 2.41. The van der Waals surface area contributed by atoms with E-state index in [1.54, 1.807) is 4.57 Å². The molecule has 3 aromatic rings. The van der Waals surface area contributed by atoms with Crippen LogP contribution in [0.5, 0.6) is 11.8 Å². The van der Waals surface area contributed by atoms with E-state index in [1.165, 1.54) is 17.6 Å². The Kier molecular flexibility index (Phi) is 6.19. The van der Waals surface area contributed by atoms with Gasteiger partial charge < -0.3 is 29.4 Å². The number of aromatic nitrogens is 2. The molecule has 35 heavy (non-hydrogen) atoms. The summed E-state index contributed by atoms with van der Waals surface area (Å²) in [5.74, 6) is 0.547. The van der Waals surface area contributed by atoms with Crippen molar-refractivity contribution in [3.05, 3.63) is 69.9 Å². The van der Waals surface area contributed by atoms with Gasteiger partial charge in [0.2, 0.25) is 0 Å². The first-order chi connectivity index (χ1) is 16.8. The maximum atomic E-state index is 10.9. The topological polar surface area (TPSA) is 85.9 Å². The Morgan fingerprint density at radius 1 is 1.20 bits per heavy atom. The fourth-order valence-corrected chi connectivity index (χ4v) is 4.87. The van der Waals surface area contributed by atoms with Crippen LogP contribution in [0.3, 0.4) is 0 Å². The van der Waals surface area contributed by atoms with Crippen molar-refractivity contribution in [1.29, 1.82) is 0 Å². The number of ether oxygens (including phenoxy) is 2. The Morgan fingerprint density at radius 2 is 1.89 bits per heavy atom. The van der Waals surface area contributed by atoms with Crippen LogP contribution in [0, 0.1) is 10.1 Å². The minimum atomic E-state index is -0.631. The van der Waals surface area contributed by atoms with E-state index in [2.05, 4.69) is 46.1 Å². The van der Waals surface area contributed by atoms with Crippen molar-refractivity contribution < 1.29 is 14.4 Å². The monoisotopic (exact) mass is 497 g/mol. The molecule has 5 rings (SSSR count). The second kappa shape index (κ2) is 9.30. The average Bonchev–Trinajstić information content (AvgIpc) is 3.39. The van der Waals surface area contributed by atoms with E-state index in [0.29, 0.717) is 19.2 Å². The maximum absolute atomic E-state index is 10.9. The number of nitro groups is 1. The Bertz CT molecular complexity index is 1170. The summed E-state index contributed by atoms with van der Waals surface area (Å²) in [4.78, 5) is 19.0. The van der Waals surface area contributed by atoms with Crippen molar-refractivity contribution in [2.45, 2.75) is 38.0 Å². The van der Waals surface area contributed by atoms with Gasteiger partial charge in [-0.05, 0) is 73.2 Å². The fourth-order valence-electron chi connectivity index (χ4n) is 4.74. The molecule has 2 aliphatic rings. The van der Waals surface area contributed by atoms with Crippen LogP contribution in [-0.4, -0.2) is 52.9 Å². The number of hydrogen-bond acceptors (Lipinski definition) is 7. The molecule has 0 unspecified atom stereocenters. The standard InChI is InChI=1S/C25H28ClN5O4/c1-25(16-30-15-23(31(32)33)27-24(30)35-25)17-34-22-9-7-21(8-10-22)29-13-11-20(12-14-29)28(2)19-5-3-18(26)4-6-19/h3-10,15,20H,11-14,16-17H2,1-2H3/t25-/m0/s1. The van der Waals surface area contributed by atoms with E-state index in [1.807, 2.05) is 31.2 Å². The number of hydrogen-bond donors (Lipinski definition) is 0. The fraction of sp³-hybridized carbons (Fsp3) is 0.400. The summed E-state index contributed by atoms with van der Waals surface area (Å²) >= 11 is 6.02. The van der Waals surface area contributed by atoms with Crippen molar-refractivity contribution in [2.75, 3.05) is 36.5 Å². The molecule has 0 saturated carbocycles. The smallest absolute Gasteiger partial charge is 0.415 e. The maximum Gasteiger partial charge on any atom is 0.415 e. The van der Waals surface area contributed by atoms with Crippen LogP contribution < -0.4 is 19.3 Å². The third-order valence-corrected chi connectivity index (χ3v) is 7.00. The third kappa shape index (κ3) is 5.00. The number of benzene rings is 2. The molecule has 0 radical (unpaired) electrons. The zero-order valence-electron chi connectivity index (χ0n) is 19.8. The SMILES string of the molecule is CN(c1ccc(Cl)cc1)C1CCN(c2ccc(OC[C@]3(C)Cn4cc([N+](=O)[O-])nc4O3)cc2)CC1. The van der Waals surface area contributed by atoms with Crippen molar-refractivity contribution >= 4 is 28.8 Å². The van der Waals surface area contributed by atoms with Gasteiger partial charge in [0, 0.05) is 47.6 Å². The number of halogens is 1. The molecule has 2 aliphatic heterocycles. The molecule has 1 saturated heterocycles. The Labute approximate surface area is 209 Å².